The molecule has 370 valence electrons. The molecule has 3 atom stereocenters. The number of likely N-dealkylation sites (N-methyl/N-ethyl adjacent to an activating group) is 3. The van der Waals surface area contributed by atoms with E-state index >= 15 is 0 Å². The highest BCUT2D eigenvalue weighted by Gasteiger charge is 2.37. The van der Waals surface area contributed by atoms with Gasteiger partial charge in [-0.3, -0.25) is 14.5 Å². The van der Waals surface area contributed by atoms with Crippen LogP contribution >= 0.6 is 11.6 Å². The number of allylic oxidation sites excluding steroid dienone is 1. The highest BCUT2D eigenvalue weighted by molar-refractivity contribution is 6.30. The molecule has 0 saturated heterocycles. The third kappa shape index (κ3) is 15.4. The van der Waals surface area contributed by atoms with Gasteiger partial charge in [-0.15, -0.1) is 0 Å². The highest BCUT2D eigenvalue weighted by atomic mass is 35.5. The first-order chi connectivity index (χ1) is 32.0. The number of hydrogen-bond acceptors (Lipinski definition) is 10. The summed E-state index contributed by atoms with van der Waals surface area (Å²) >= 11 is 6.42. The average Bonchev–Trinajstić information content (AvgIpc) is 4.03. The summed E-state index contributed by atoms with van der Waals surface area (Å²) in [6.45, 7) is 15.0. The molecule has 1 N–H and O–H groups in total. The molecule has 1 heterocycles. The molecular weight excluding hydrogens is 886 g/mol. The summed E-state index contributed by atoms with van der Waals surface area (Å²) in [5.74, 6) is -0.987. The van der Waals surface area contributed by atoms with Crippen LogP contribution in [0.2, 0.25) is 5.02 Å². The predicted molar refractivity (Wildman–Crippen MR) is 263 cm³/mol. The molecule has 4 amide bonds. The van der Waals surface area contributed by atoms with Crippen LogP contribution in [0.15, 0.2) is 72.9 Å². The number of aromatic nitrogens is 1. The summed E-state index contributed by atoms with van der Waals surface area (Å²) in [5.41, 5.74) is 3.48. The normalized spacial score (nSPS) is 14.9. The Kier molecular flexibility index (Phi) is 18.5. The fourth-order valence-electron chi connectivity index (χ4n) is 8.13. The van der Waals surface area contributed by atoms with Crippen molar-refractivity contribution in [2.45, 2.75) is 148 Å². The summed E-state index contributed by atoms with van der Waals surface area (Å²) in [5, 5.41) is 3.12. The van der Waals surface area contributed by atoms with Gasteiger partial charge in [0.05, 0.1) is 5.02 Å². The lowest BCUT2D eigenvalue weighted by Gasteiger charge is -2.34. The second kappa shape index (κ2) is 23.6. The third-order valence-electron chi connectivity index (χ3n) is 11.7. The molecule has 1 aromatic heterocycles. The van der Waals surface area contributed by atoms with Crippen molar-refractivity contribution < 1.29 is 42.9 Å². The SMILES string of the molecule is CC(C)C[C@H](NC(=O)OC(C)(C)C)C(=O)N(C)[C@@H](Cc1cc(Cl)cnc1OC1CC1)C(=O)N(C)CCCC/C=C\C[C@@H](C(=O)OC(C)(C)C)N(C)C(=O)OCC1c2ccccc2-c2ccccc21. The average molecular weight is 959 g/mol. The van der Waals surface area contributed by atoms with Gasteiger partial charge in [0.2, 0.25) is 17.7 Å². The molecule has 3 aromatic rings. The lowest BCUT2D eigenvalue weighted by Crippen LogP contribution is -2.56. The molecule has 2 aliphatic rings. The molecule has 0 aliphatic heterocycles. The topological polar surface area (TPSA) is 157 Å². The van der Waals surface area contributed by atoms with Crippen LogP contribution in [-0.2, 0) is 35.0 Å². The molecule has 2 aliphatic carbocycles. The number of esters is 1. The Morgan fingerprint density at radius 1 is 0.824 bits per heavy atom. The van der Waals surface area contributed by atoms with E-state index in [-0.39, 0.29) is 43.3 Å². The van der Waals surface area contributed by atoms with E-state index in [1.54, 1.807) is 73.7 Å². The summed E-state index contributed by atoms with van der Waals surface area (Å²) in [6, 6.07) is 15.1. The van der Waals surface area contributed by atoms with Crippen molar-refractivity contribution >= 4 is 41.6 Å². The molecule has 14 nitrogen and oxygen atoms in total. The van der Waals surface area contributed by atoms with Crippen LogP contribution in [0.5, 0.6) is 5.88 Å². The van der Waals surface area contributed by atoms with Crippen molar-refractivity contribution in [3.05, 3.63) is 94.7 Å². The van der Waals surface area contributed by atoms with E-state index in [1.165, 1.54) is 16.0 Å². The number of amides is 4. The fourth-order valence-corrected chi connectivity index (χ4v) is 8.31. The first kappa shape index (κ1) is 53.3. The zero-order valence-corrected chi connectivity index (χ0v) is 42.6. The molecule has 0 spiro atoms. The number of carbonyl (C=O) groups excluding carboxylic acids is 5. The van der Waals surface area contributed by atoms with Crippen LogP contribution in [0, 0.1) is 5.92 Å². The van der Waals surface area contributed by atoms with Gasteiger partial charge in [0.15, 0.2) is 0 Å². The van der Waals surface area contributed by atoms with Crippen molar-refractivity contribution in [1.82, 2.24) is 25.0 Å². The predicted octanol–water partition coefficient (Wildman–Crippen LogP) is 9.75. The maximum atomic E-state index is 14.5. The van der Waals surface area contributed by atoms with E-state index in [1.807, 2.05) is 50.3 Å². The Morgan fingerprint density at radius 2 is 1.44 bits per heavy atom. The minimum atomic E-state index is -0.984. The van der Waals surface area contributed by atoms with Crippen molar-refractivity contribution in [3.8, 4) is 17.0 Å². The van der Waals surface area contributed by atoms with E-state index in [9.17, 15) is 24.0 Å². The van der Waals surface area contributed by atoms with E-state index in [0.717, 1.165) is 35.1 Å². The number of unbranched alkanes of at least 4 members (excludes halogenated alkanes) is 2. The maximum Gasteiger partial charge on any atom is 0.410 e. The van der Waals surface area contributed by atoms with Crippen LogP contribution in [0.1, 0.15) is 123 Å². The van der Waals surface area contributed by atoms with Crippen LogP contribution in [-0.4, -0.2) is 119 Å². The minimum absolute atomic E-state index is 0.0338. The van der Waals surface area contributed by atoms with Gasteiger partial charge in [-0.05, 0) is 121 Å². The number of fused-ring (bicyclic) bond motifs is 3. The summed E-state index contributed by atoms with van der Waals surface area (Å²) < 4.78 is 23.2. The molecule has 2 aromatic carbocycles. The number of carbonyl (C=O) groups is 5. The lowest BCUT2D eigenvalue weighted by molar-refractivity contribution is -0.160. The Bertz CT molecular complexity index is 2220. The van der Waals surface area contributed by atoms with E-state index in [0.29, 0.717) is 48.7 Å². The van der Waals surface area contributed by atoms with E-state index in [2.05, 4.69) is 34.6 Å². The van der Waals surface area contributed by atoms with Crippen molar-refractivity contribution in [2.75, 3.05) is 34.3 Å². The van der Waals surface area contributed by atoms with E-state index < -0.39 is 53.4 Å². The van der Waals surface area contributed by atoms with Crippen LogP contribution < -0.4 is 10.1 Å². The van der Waals surface area contributed by atoms with Crippen molar-refractivity contribution in [1.29, 1.82) is 0 Å². The number of nitrogens with one attached hydrogen (secondary N) is 1. The fraction of sp³-hybridized carbons (Fsp3) is 0.547. The summed E-state index contributed by atoms with van der Waals surface area (Å²) in [6.07, 6.45) is 8.42. The molecule has 15 heteroatoms. The van der Waals surface area contributed by atoms with E-state index in [4.69, 9.17) is 30.5 Å². The van der Waals surface area contributed by atoms with Gasteiger partial charge >= 0.3 is 18.2 Å². The van der Waals surface area contributed by atoms with Gasteiger partial charge in [0, 0.05) is 51.8 Å². The number of alkyl carbamates (subject to hydrolysis) is 1. The number of nitrogens with zero attached hydrogens (tertiary/aromatic N) is 4. The minimum Gasteiger partial charge on any atom is -0.474 e. The van der Waals surface area contributed by atoms with Gasteiger partial charge in [-0.25, -0.2) is 19.4 Å². The quantitative estimate of drug-likeness (QED) is 0.0472. The van der Waals surface area contributed by atoms with Crippen LogP contribution in [0.3, 0.4) is 0 Å². The number of benzene rings is 2. The number of pyridine rings is 1. The molecule has 0 bridgehead atoms. The molecule has 68 heavy (non-hydrogen) atoms. The molecular formula is C53H72ClN5O9. The first-order valence-electron chi connectivity index (χ1n) is 23.8. The van der Waals surface area contributed by atoms with Crippen LogP contribution in [0.25, 0.3) is 11.1 Å². The van der Waals surface area contributed by atoms with Gasteiger partial charge < -0.3 is 34.1 Å². The van der Waals surface area contributed by atoms with Crippen LogP contribution in [0.4, 0.5) is 9.59 Å². The maximum absolute atomic E-state index is 14.5. The van der Waals surface area contributed by atoms with Gasteiger partial charge in [-0.2, -0.15) is 0 Å². The number of halogens is 1. The lowest BCUT2D eigenvalue weighted by atomic mass is 9.98. The smallest absolute Gasteiger partial charge is 0.410 e. The Hall–Kier alpha value is -5.63. The molecule has 5 rings (SSSR count). The molecule has 0 unspecified atom stereocenters. The zero-order valence-electron chi connectivity index (χ0n) is 41.8. The Balaban J connectivity index is 1.22. The number of rotatable bonds is 21. The van der Waals surface area contributed by atoms with Gasteiger partial charge in [0.1, 0.15) is 42.0 Å². The first-order valence-corrected chi connectivity index (χ1v) is 24.2. The Labute approximate surface area is 408 Å². The molecule has 0 radical (unpaired) electrons. The van der Waals surface area contributed by atoms with Crippen molar-refractivity contribution in [3.63, 3.8) is 0 Å². The largest absolute Gasteiger partial charge is 0.474 e. The van der Waals surface area contributed by atoms with Gasteiger partial charge in [0.25, 0.3) is 0 Å². The monoisotopic (exact) mass is 958 g/mol. The molecule has 1 saturated carbocycles. The zero-order chi connectivity index (χ0) is 49.9. The standard InChI is InChI=1S/C53H72ClN5O9/c1-34(2)29-43(56-50(63)68-53(6,7)8)47(60)58(10)45(31-35-30-36(54)32-55-46(35)66-37-26-27-37)48(61)57(9)28-20-14-12-13-15-25-44(49(62)67-52(3,4)5)59(11)51(64)65-33-42-40-23-18-16-21-38(40)39-22-17-19-24-41(39)42/h13,15-19,21-24,30,32,34,37,42-45H,12,14,20,25-29,31,33H2,1-11H3,(H,56,63)/b15-13-/t43-,44-,45-/m0/s1. The van der Waals surface area contributed by atoms with Crippen molar-refractivity contribution in [2.24, 2.45) is 5.92 Å². The highest BCUT2D eigenvalue weighted by Crippen LogP contribution is 2.44. The third-order valence-corrected chi connectivity index (χ3v) is 11.9. The second-order valence-corrected chi connectivity index (χ2v) is 20.8. The number of ether oxygens (including phenoxy) is 4. The second-order valence-electron chi connectivity index (χ2n) is 20.4. The summed E-state index contributed by atoms with van der Waals surface area (Å²) in [7, 11) is 4.83. The number of hydrogen-bond donors (Lipinski definition) is 1. The summed E-state index contributed by atoms with van der Waals surface area (Å²) in [4.78, 5) is 77.5. The van der Waals surface area contributed by atoms with Gasteiger partial charge in [-0.1, -0.05) is 86.1 Å². The Morgan fingerprint density at radius 3 is 2.03 bits per heavy atom. The molecule has 1 fully saturated rings.